The highest BCUT2D eigenvalue weighted by Crippen LogP contribution is 2.24. The zero-order valence-electron chi connectivity index (χ0n) is 9.32. The van der Waals surface area contributed by atoms with Crippen molar-refractivity contribution >= 4 is 22.4 Å². The number of hydrogen-bond donors (Lipinski definition) is 1. The summed E-state index contributed by atoms with van der Waals surface area (Å²) in [6, 6.07) is 3.12. The summed E-state index contributed by atoms with van der Waals surface area (Å²) in [5, 5.41) is 0. The maximum absolute atomic E-state index is 12.2. The van der Waals surface area contributed by atoms with Crippen molar-refractivity contribution in [3.63, 3.8) is 0 Å². The molecular weight excluding hydrogens is 262 g/mol. The van der Waals surface area contributed by atoms with Crippen molar-refractivity contribution in [1.29, 1.82) is 0 Å². The van der Waals surface area contributed by atoms with E-state index in [1.807, 2.05) is 0 Å². The van der Waals surface area contributed by atoms with Gasteiger partial charge in [0.05, 0.1) is 0 Å². The average Bonchev–Trinajstić information content (AvgIpc) is 2.79. The highest BCUT2D eigenvalue weighted by Gasteiger charge is 2.34. The van der Waals surface area contributed by atoms with Crippen LogP contribution in [-0.4, -0.2) is 36.8 Å². The molecule has 1 aromatic heterocycles. The molecule has 0 aliphatic carbocycles. The van der Waals surface area contributed by atoms with Crippen LogP contribution < -0.4 is 5.73 Å². The van der Waals surface area contributed by atoms with E-state index < -0.39 is 10.0 Å². The summed E-state index contributed by atoms with van der Waals surface area (Å²) in [6.45, 7) is 0.929. The molecule has 1 aliphatic heterocycles. The van der Waals surface area contributed by atoms with Gasteiger partial charge in [0.2, 0.25) is 10.0 Å². The Hall–Kier alpha value is -0.690. The van der Waals surface area contributed by atoms with E-state index in [1.54, 1.807) is 18.3 Å². The van der Waals surface area contributed by atoms with E-state index >= 15 is 0 Å². The van der Waals surface area contributed by atoms with Gasteiger partial charge in [-0.05, 0) is 25.0 Å². The van der Waals surface area contributed by atoms with Gasteiger partial charge in [-0.2, -0.15) is 4.31 Å². The third kappa shape index (κ3) is 2.77. The molecule has 0 bridgehead atoms. The van der Waals surface area contributed by atoms with E-state index in [0.717, 1.165) is 12.8 Å². The van der Waals surface area contributed by atoms with Gasteiger partial charge in [0, 0.05) is 31.5 Å². The normalized spacial score (nSPS) is 21.1. The standard InChI is InChI=1S/C10H15N3O2S.ClH/c11-7-9-3-2-6-13(9)16(14,15)10-4-1-5-12-8-10;/h1,4-5,8-9H,2-3,6-7,11H2;1H. The topological polar surface area (TPSA) is 76.3 Å². The first-order valence-corrected chi connectivity index (χ1v) is 6.72. The predicted molar refractivity (Wildman–Crippen MR) is 67.5 cm³/mol. The minimum atomic E-state index is -3.41. The zero-order chi connectivity index (χ0) is 11.6. The summed E-state index contributed by atoms with van der Waals surface area (Å²) in [5.41, 5.74) is 5.58. The van der Waals surface area contributed by atoms with Crippen LogP contribution in [0.15, 0.2) is 29.4 Å². The van der Waals surface area contributed by atoms with Crippen molar-refractivity contribution in [3.05, 3.63) is 24.5 Å². The highest BCUT2D eigenvalue weighted by molar-refractivity contribution is 7.89. The second-order valence-corrected chi connectivity index (χ2v) is 5.73. The lowest BCUT2D eigenvalue weighted by atomic mass is 10.2. The molecule has 17 heavy (non-hydrogen) atoms. The number of pyridine rings is 1. The summed E-state index contributed by atoms with van der Waals surface area (Å²) in [6.07, 6.45) is 4.65. The fourth-order valence-electron chi connectivity index (χ4n) is 2.00. The van der Waals surface area contributed by atoms with E-state index in [1.165, 1.54) is 10.5 Å². The van der Waals surface area contributed by atoms with Crippen molar-refractivity contribution in [2.24, 2.45) is 5.73 Å². The largest absolute Gasteiger partial charge is 0.329 e. The smallest absolute Gasteiger partial charge is 0.244 e. The number of sulfonamides is 1. The Kier molecular flexibility index (Phi) is 4.88. The Morgan fingerprint density at radius 3 is 2.88 bits per heavy atom. The Bertz CT molecular complexity index is 452. The van der Waals surface area contributed by atoms with Crippen molar-refractivity contribution in [1.82, 2.24) is 9.29 Å². The molecule has 0 amide bonds. The number of rotatable bonds is 3. The molecule has 0 spiro atoms. The molecule has 5 nitrogen and oxygen atoms in total. The molecule has 1 fully saturated rings. The molecule has 0 aromatic carbocycles. The van der Waals surface area contributed by atoms with Crippen LogP contribution in [0.5, 0.6) is 0 Å². The zero-order valence-corrected chi connectivity index (χ0v) is 11.0. The number of halogens is 1. The SMILES string of the molecule is Cl.NCC1CCCN1S(=O)(=O)c1cccnc1. The van der Waals surface area contributed by atoms with Gasteiger partial charge in [-0.1, -0.05) is 0 Å². The van der Waals surface area contributed by atoms with Crippen molar-refractivity contribution in [2.75, 3.05) is 13.1 Å². The highest BCUT2D eigenvalue weighted by atomic mass is 35.5. The Morgan fingerprint density at radius 1 is 1.53 bits per heavy atom. The molecule has 2 heterocycles. The molecule has 2 rings (SSSR count). The predicted octanol–water partition coefficient (Wildman–Crippen LogP) is 0.615. The Morgan fingerprint density at radius 2 is 2.29 bits per heavy atom. The van der Waals surface area contributed by atoms with Gasteiger partial charge < -0.3 is 5.73 Å². The lowest BCUT2D eigenvalue weighted by Gasteiger charge is -2.22. The molecule has 0 radical (unpaired) electrons. The van der Waals surface area contributed by atoms with Crippen LogP contribution in [-0.2, 0) is 10.0 Å². The summed E-state index contributed by atoms with van der Waals surface area (Å²) in [4.78, 5) is 4.08. The van der Waals surface area contributed by atoms with Gasteiger partial charge >= 0.3 is 0 Å². The van der Waals surface area contributed by atoms with Crippen LogP contribution in [0.2, 0.25) is 0 Å². The molecule has 1 aromatic rings. The summed E-state index contributed by atoms with van der Waals surface area (Å²) >= 11 is 0. The molecule has 0 saturated carbocycles. The summed E-state index contributed by atoms with van der Waals surface area (Å²) in [5.74, 6) is 0. The van der Waals surface area contributed by atoms with Crippen LogP contribution in [0.4, 0.5) is 0 Å². The molecule has 96 valence electrons. The maximum Gasteiger partial charge on any atom is 0.244 e. The summed E-state index contributed by atoms with van der Waals surface area (Å²) in [7, 11) is -3.41. The van der Waals surface area contributed by atoms with E-state index in [2.05, 4.69) is 4.98 Å². The van der Waals surface area contributed by atoms with E-state index in [0.29, 0.717) is 13.1 Å². The van der Waals surface area contributed by atoms with Crippen molar-refractivity contribution in [3.8, 4) is 0 Å². The van der Waals surface area contributed by atoms with Crippen LogP contribution in [0.1, 0.15) is 12.8 Å². The summed E-state index contributed by atoms with van der Waals surface area (Å²) < 4.78 is 26.0. The van der Waals surface area contributed by atoms with Gasteiger partial charge in [0.25, 0.3) is 0 Å². The Balaban J connectivity index is 0.00000144. The van der Waals surface area contributed by atoms with Gasteiger partial charge in [-0.25, -0.2) is 8.42 Å². The lowest BCUT2D eigenvalue weighted by Crippen LogP contribution is -2.39. The fraction of sp³-hybridized carbons (Fsp3) is 0.500. The molecule has 7 heteroatoms. The quantitative estimate of drug-likeness (QED) is 0.878. The first-order chi connectivity index (χ1) is 7.66. The average molecular weight is 278 g/mol. The fourth-order valence-corrected chi connectivity index (χ4v) is 3.67. The number of aromatic nitrogens is 1. The second-order valence-electron chi connectivity index (χ2n) is 3.84. The van der Waals surface area contributed by atoms with Gasteiger partial charge in [0.15, 0.2) is 0 Å². The van der Waals surface area contributed by atoms with E-state index in [-0.39, 0.29) is 23.3 Å². The molecule has 1 aliphatic rings. The number of nitrogens with two attached hydrogens (primary N) is 1. The lowest BCUT2D eigenvalue weighted by molar-refractivity contribution is 0.393. The van der Waals surface area contributed by atoms with E-state index in [4.69, 9.17) is 5.73 Å². The van der Waals surface area contributed by atoms with Crippen LogP contribution in [0, 0.1) is 0 Å². The third-order valence-corrected chi connectivity index (χ3v) is 4.77. The van der Waals surface area contributed by atoms with Crippen LogP contribution >= 0.6 is 12.4 Å². The molecule has 1 atom stereocenters. The minimum Gasteiger partial charge on any atom is -0.329 e. The second kappa shape index (κ2) is 5.77. The van der Waals surface area contributed by atoms with Crippen LogP contribution in [0.3, 0.4) is 0 Å². The van der Waals surface area contributed by atoms with Crippen molar-refractivity contribution < 1.29 is 8.42 Å². The van der Waals surface area contributed by atoms with Gasteiger partial charge in [-0.15, -0.1) is 12.4 Å². The molecule has 1 unspecified atom stereocenters. The number of hydrogen-bond acceptors (Lipinski definition) is 4. The molecular formula is C10H16ClN3O2S. The monoisotopic (exact) mass is 277 g/mol. The third-order valence-electron chi connectivity index (χ3n) is 2.84. The van der Waals surface area contributed by atoms with Gasteiger partial charge in [0.1, 0.15) is 4.90 Å². The molecule has 1 saturated heterocycles. The van der Waals surface area contributed by atoms with Crippen molar-refractivity contribution in [2.45, 2.75) is 23.8 Å². The molecule has 2 N–H and O–H groups in total. The van der Waals surface area contributed by atoms with E-state index in [9.17, 15) is 8.42 Å². The Labute approximate surface area is 107 Å². The maximum atomic E-state index is 12.2. The van der Waals surface area contributed by atoms with Crippen LogP contribution in [0.25, 0.3) is 0 Å². The minimum absolute atomic E-state index is 0. The first kappa shape index (κ1) is 14.4. The van der Waals surface area contributed by atoms with Gasteiger partial charge in [-0.3, -0.25) is 4.98 Å². The number of nitrogens with zero attached hydrogens (tertiary/aromatic N) is 2. The first-order valence-electron chi connectivity index (χ1n) is 5.28.